The minimum atomic E-state index is -3.42. The molecule has 0 saturated carbocycles. The Morgan fingerprint density at radius 1 is 1.23 bits per heavy atom. The molecule has 1 aromatic rings. The van der Waals surface area contributed by atoms with Crippen LogP contribution in [0.25, 0.3) is 0 Å². The van der Waals surface area contributed by atoms with E-state index in [-0.39, 0.29) is 18.9 Å². The molecule has 0 spiro atoms. The van der Waals surface area contributed by atoms with E-state index in [2.05, 4.69) is 5.32 Å². The number of nitrogens with zero attached hydrogens (tertiary/aromatic N) is 1. The van der Waals surface area contributed by atoms with Crippen LogP contribution in [0.5, 0.6) is 0 Å². The molecule has 0 aliphatic carbocycles. The first-order chi connectivity index (χ1) is 10.1. The molecule has 0 aromatic heterocycles. The number of amides is 1. The predicted molar refractivity (Wildman–Crippen MR) is 85.9 cm³/mol. The van der Waals surface area contributed by atoms with E-state index in [1.54, 1.807) is 0 Å². The Morgan fingerprint density at radius 2 is 1.82 bits per heavy atom. The van der Waals surface area contributed by atoms with Crippen LogP contribution in [-0.2, 0) is 21.4 Å². The lowest BCUT2D eigenvalue weighted by Gasteiger charge is -2.30. The fourth-order valence-electron chi connectivity index (χ4n) is 1.61. The zero-order valence-corrected chi connectivity index (χ0v) is 14.3. The second-order valence-electron chi connectivity index (χ2n) is 5.94. The van der Waals surface area contributed by atoms with Crippen molar-refractivity contribution in [2.24, 2.45) is 0 Å². The van der Waals surface area contributed by atoms with Crippen molar-refractivity contribution >= 4 is 16.1 Å². The molecule has 22 heavy (non-hydrogen) atoms. The average Bonchev–Trinajstić information content (AvgIpc) is 2.44. The molecule has 0 saturated heterocycles. The number of carbonyl (C=O) groups excluding carboxylic acids is 1. The molecule has 0 unspecified atom stereocenters. The van der Waals surface area contributed by atoms with E-state index in [0.29, 0.717) is 0 Å². The highest BCUT2D eigenvalue weighted by molar-refractivity contribution is 7.89. The van der Waals surface area contributed by atoms with Crippen LogP contribution in [-0.4, -0.2) is 43.7 Å². The van der Waals surface area contributed by atoms with Crippen molar-refractivity contribution in [2.45, 2.75) is 32.9 Å². The molecule has 1 N–H and O–H groups in total. The van der Waals surface area contributed by atoms with Crippen molar-refractivity contribution in [3.8, 4) is 0 Å². The number of hydrogen-bond donors (Lipinski definition) is 1. The molecule has 124 valence electrons. The molecule has 0 bridgehead atoms. The van der Waals surface area contributed by atoms with Crippen molar-refractivity contribution in [1.82, 2.24) is 9.62 Å². The van der Waals surface area contributed by atoms with Gasteiger partial charge in [-0.15, -0.1) is 0 Å². The Balaban J connectivity index is 2.36. The van der Waals surface area contributed by atoms with Gasteiger partial charge in [0.25, 0.3) is 0 Å². The van der Waals surface area contributed by atoms with E-state index in [1.165, 1.54) is 11.4 Å². The number of nitrogens with one attached hydrogen (secondary N) is 1. The van der Waals surface area contributed by atoms with Crippen LogP contribution >= 0.6 is 0 Å². The first kappa shape index (κ1) is 18.4. The first-order valence-electron chi connectivity index (χ1n) is 7.04. The predicted octanol–water partition coefficient (Wildman–Crippen LogP) is 1.97. The Labute approximate surface area is 132 Å². The van der Waals surface area contributed by atoms with Gasteiger partial charge in [-0.1, -0.05) is 30.3 Å². The van der Waals surface area contributed by atoms with Crippen molar-refractivity contribution < 1.29 is 17.9 Å². The zero-order chi connectivity index (χ0) is 16.8. The number of hydrogen-bond acceptors (Lipinski definition) is 4. The third kappa shape index (κ3) is 6.03. The molecule has 6 nitrogen and oxygen atoms in total. The van der Waals surface area contributed by atoms with E-state index >= 15 is 0 Å². The van der Waals surface area contributed by atoms with Gasteiger partial charge in [0.1, 0.15) is 6.61 Å². The first-order valence-corrected chi connectivity index (χ1v) is 8.65. The fraction of sp³-hybridized carbons (Fsp3) is 0.533. The molecular weight excluding hydrogens is 304 g/mol. The Hall–Kier alpha value is -1.60. The second-order valence-corrected chi connectivity index (χ2v) is 8.06. The van der Waals surface area contributed by atoms with Gasteiger partial charge in [-0.25, -0.2) is 13.2 Å². The summed E-state index contributed by atoms with van der Waals surface area (Å²) in [4.78, 5) is 11.5. The summed E-state index contributed by atoms with van der Waals surface area (Å²) >= 11 is 0. The van der Waals surface area contributed by atoms with Gasteiger partial charge < -0.3 is 10.1 Å². The van der Waals surface area contributed by atoms with Crippen molar-refractivity contribution in [3.63, 3.8) is 0 Å². The standard InChI is InChI=1S/C15H24N2O4S/c1-15(2,3)17(4)22(19,20)11-10-16-14(18)21-12-13-8-6-5-7-9-13/h5-9H,10-12H2,1-4H3,(H,16,18). The van der Waals surface area contributed by atoms with E-state index in [9.17, 15) is 13.2 Å². The number of rotatable bonds is 6. The molecule has 0 radical (unpaired) electrons. The van der Waals surface area contributed by atoms with Crippen LogP contribution in [0, 0.1) is 0 Å². The molecule has 0 aliphatic rings. The molecular formula is C15H24N2O4S. The van der Waals surface area contributed by atoms with Crippen LogP contribution in [0.4, 0.5) is 4.79 Å². The summed E-state index contributed by atoms with van der Waals surface area (Å²) in [7, 11) is -1.89. The summed E-state index contributed by atoms with van der Waals surface area (Å²) in [6.07, 6.45) is -0.627. The molecule has 0 heterocycles. The third-order valence-corrected chi connectivity index (χ3v) is 5.31. The number of alkyl carbamates (subject to hydrolysis) is 1. The topological polar surface area (TPSA) is 75.7 Å². The van der Waals surface area contributed by atoms with Crippen molar-refractivity contribution in [2.75, 3.05) is 19.3 Å². The molecule has 1 rings (SSSR count). The van der Waals surface area contributed by atoms with Gasteiger partial charge in [0, 0.05) is 19.1 Å². The normalized spacial score (nSPS) is 12.2. The van der Waals surface area contributed by atoms with Gasteiger partial charge in [0.15, 0.2) is 0 Å². The summed E-state index contributed by atoms with van der Waals surface area (Å²) in [6, 6.07) is 9.27. The Kier molecular flexibility index (Phi) is 6.37. The summed E-state index contributed by atoms with van der Waals surface area (Å²) in [6.45, 7) is 5.60. The van der Waals surface area contributed by atoms with Crippen LogP contribution in [0.3, 0.4) is 0 Å². The minimum absolute atomic E-state index is 0.0103. The minimum Gasteiger partial charge on any atom is -0.445 e. The summed E-state index contributed by atoms with van der Waals surface area (Å²) in [5, 5.41) is 2.45. The van der Waals surface area contributed by atoms with Gasteiger partial charge in [0.2, 0.25) is 10.0 Å². The summed E-state index contributed by atoms with van der Waals surface area (Å²) in [5.74, 6) is -0.165. The van der Waals surface area contributed by atoms with Crippen molar-refractivity contribution in [1.29, 1.82) is 0 Å². The van der Waals surface area contributed by atoms with Crippen molar-refractivity contribution in [3.05, 3.63) is 35.9 Å². The molecule has 0 fully saturated rings. The average molecular weight is 328 g/mol. The smallest absolute Gasteiger partial charge is 0.407 e. The Morgan fingerprint density at radius 3 is 2.36 bits per heavy atom. The van der Waals surface area contributed by atoms with E-state index in [0.717, 1.165) is 5.56 Å². The number of carbonyl (C=O) groups is 1. The lowest BCUT2D eigenvalue weighted by Crippen LogP contribution is -2.45. The molecule has 7 heteroatoms. The lowest BCUT2D eigenvalue weighted by molar-refractivity contribution is 0.140. The SMILES string of the molecule is CN(C(C)(C)C)S(=O)(=O)CCNC(=O)OCc1ccccc1. The summed E-state index contributed by atoms with van der Waals surface area (Å²) in [5.41, 5.74) is 0.380. The van der Waals surface area contributed by atoms with Gasteiger partial charge >= 0.3 is 6.09 Å². The van der Waals surface area contributed by atoms with E-state index in [4.69, 9.17) is 4.74 Å². The zero-order valence-electron chi connectivity index (χ0n) is 13.5. The highest BCUT2D eigenvalue weighted by Crippen LogP contribution is 2.15. The lowest BCUT2D eigenvalue weighted by atomic mass is 10.1. The molecule has 1 aromatic carbocycles. The highest BCUT2D eigenvalue weighted by Gasteiger charge is 2.28. The second kappa shape index (κ2) is 7.60. The molecule has 1 amide bonds. The number of benzene rings is 1. The number of sulfonamides is 1. The van der Waals surface area contributed by atoms with Crippen LogP contribution in [0.15, 0.2) is 30.3 Å². The maximum atomic E-state index is 12.1. The largest absolute Gasteiger partial charge is 0.445 e. The molecule has 0 atom stereocenters. The van der Waals surface area contributed by atoms with Gasteiger partial charge in [-0.2, -0.15) is 4.31 Å². The number of ether oxygens (including phenoxy) is 1. The quantitative estimate of drug-likeness (QED) is 0.866. The van der Waals surface area contributed by atoms with E-state index < -0.39 is 21.7 Å². The Bertz CT molecular complexity index is 579. The maximum Gasteiger partial charge on any atom is 0.407 e. The van der Waals surface area contributed by atoms with Crippen LogP contribution in [0.2, 0.25) is 0 Å². The maximum absolute atomic E-state index is 12.1. The monoisotopic (exact) mass is 328 g/mol. The summed E-state index contributed by atoms with van der Waals surface area (Å²) < 4.78 is 30.5. The van der Waals surface area contributed by atoms with E-state index in [1.807, 2.05) is 51.1 Å². The van der Waals surface area contributed by atoms with Gasteiger partial charge in [0.05, 0.1) is 5.75 Å². The highest BCUT2D eigenvalue weighted by atomic mass is 32.2. The van der Waals surface area contributed by atoms with Gasteiger partial charge in [-0.3, -0.25) is 0 Å². The molecule has 0 aliphatic heterocycles. The van der Waals surface area contributed by atoms with Gasteiger partial charge in [-0.05, 0) is 26.3 Å². The fourth-order valence-corrected chi connectivity index (χ4v) is 3.08. The van der Waals surface area contributed by atoms with Crippen LogP contribution in [0.1, 0.15) is 26.3 Å². The third-order valence-electron chi connectivity index (χ3n) is 3.20. The van der Waals surface area contributed by atoms with Crippen LogP contribution < -0.4 is 5.32 Å².